The van der Waals surface area contributed by atoms with Crippen molar-refractivity contribution < 1.29 is 0 Å². The van der Waals surface area contributed by atoms with Crippen molar-refractivity contribution in [1.82, 2.24) is 14.5 Å². The van der Waals surface area contributed by atoms with Crippen LogP contribution in [0.3, 0.4) is 0 Å². The maximum Gasteiger partial charge on any atom is 0.101 e. The first-order valence-electron chi connectivity index (χ1n) is 7.43. The predicted octanol–water partition coefficient (Wildman–Crippen LogP) is 3.81. The molecule has 4 aromatic rings. The van der Waals surface area contributed by atoms with Gasteiger partial charge < -0.3 is 4.57 Å². The molecule has 0 aliphatic rings. The van der Waals surface area contributed by atoms with Crippen LogP contribution >= 0.6 is 0 Å². The number of fused-ring (bicyclic) bond motifs is 2. The molecule has 0 radical (unpaired) electrons. The standard InChI is InChI=1S/C19H14N4/c1-13-6-15-7-14(2-3-18(15)22-9-13)11-23-12-16(8-20)17-4-5-21-10-19(17)23/h2-7,9-10,12H,11H2,1H3. The zero-order valence-corrected chi connectivity index (χ0v) is 12.7. The van der Waals surface area contributed by atoms with E-state index in [1.807, 2.05) is 37.6 Å². The van der Waals surface area contributed by atoms with Gasteiger partial charge >= 0.3 is 0 Å². The number of pyridine rings is 2. The Morgan fingerprint density at radius 1 is 1.17 bits per heavy atom. The van der Waals surface area contributed by atoms with Crippen molar-refractivity contribution in [3.63, 3.8) is 0 Å². The van der Waals surface area contributed by atoms with E-state index in [9.17, 15) is 5.26 Å². The molecule has 0 saturated heterocycles. The Hall–Kier alpha value is -3.19. The largest absolute Gasteiger partial charge is 0.340 e. The van der Waals surface area contributed by atoms with Gasteiger partial charge in [0.05, 0.1) is 22.8 Å². The summed E-state index contributed by atoms with van der Waals surface area (Å²) in [4.78, 5) is 8.62. The molecule has 4 heteroatoms. The van der Waals surface area contributed by atoms with E-state index in [0.717, 1.165) is 27.4 Å². The van der Waals surface area contributed by atoms with Gasteiger partial charge in [-0.2, -0.15) is 5.26 Å². The van der Waals surface area contributed by atoms with Crippen LogP contribution in [0.4, 0.5) is 0 Å². The van der Waals surface area contributed by atoms with Crippen LogP contribution in [0.1, 0.15) is 16.7 Å². The van der Waals surface area contributed by atoms with Gasteiger partial charge in [-0.1, -0.05) is 6.07 Å². The summed E-state index contributed by atoms with van der Waals surface area (Å²) < 4.78 is 2.07. The van der Waals surface area contributed by atoms with Crippen LogP contribution in [0.2, 0.25) is 0 Å². The molecule has 23 heavy (non-hydrogen) atoms. The average Bonchev–Trinajstić information content (AvgIpc) is 2.92. The normalized spacial score (nSPS) is 11.0. The lowest BCUT2D eigenvalue weighted by Crippen LogP contribution is -1.98. The molecule has 0 atom stereocenters. The average molecular weight is 298 g/mol. The summed E-state index contributed by atoms with van der Waals surface area (Å²) in [6.45, 7) is 2.75. The van der Waals surface area contributed by atoms with E-state index in [1.54, 1.807) is 6.20 Å². The molecule has 4 nitrogen and oxygen atoms in total. The summed E-state index contributed by atoms with van der Waals surface area (Å²) in [7, 11) is 0. The fourth-order valence-corrected chi connectivity index (χ4v) is 2.94. The molecule has 0 N–H and O–H groups in total. The maximum absolute atomic E-state index is 9.29. The Labute approximate surface area is 133 Å². The second kappa shape index (κ2) is 5.22. The Morgan fingerprint density at radius 2 is 2.09 bits per heavy atom. The molecule has 1 aromatic carbocycles. The van der Waals surface area contributed by atoms with Gasteiger partial charge in [0.15, 0.2) is 0 Å². The van der Waals surface area contributed by atoms with Gasteiger partial charge in [-0.15, -0.1) is 0 Å². The number of benzene rings is 1. The Bertz CT molecular complexity index is 1070. The van der Waals surface area contributed by atoms with Gasteiger partial charge in [0, 0.05) is 35.9 Å². The molecule has 4 rings (SSSR count). The highest BCUT2D eigenvalue weighted by atomic mass is 15.0. The lowest BCUT2D eigenvalue weighted by Gasteiger charge is -2.07. The predicted molar refractivity (Wildman–Crippen MR) is 90.0 cm³/mol. The van der Waals surface area contributed by atoms with Crippen LogP contribution in [-0.2, 0) is 6.54 Å². The number of nitriles is 1. The van der Waals surface area contributed by atoms with Gasteiger partial charge in [-0.25, -0.2) is 0 Å². The zero-order chi connectivity index (χ0) is 15.8. The van der Waals surface area contributed by atoms with Gasteiger partial charge in [-0.05, 0) is 42.3 Å². The molecular formula is C19H14N4. The van der Waals surface area contributed by atoms with Gasteiger partial charge in [0.1, 0.15) is 6.07 Å². The quantitative estimate of drug-likeness (QED) is 0.565. The lowest BCUT2D eigenvalue weighted by molar-refractivity contribution is 0.835. The second-order valence-corrected chi connectivity index (χ2v) is 5.72. The molecule has 110 valence electrons. The van der Waals surface area contributed by atoms with Crippen molar-refractivity contribution in [2.24, 2.45) is 0 Å². The molecule has 0 aliphatic carbocycles. The molecule has 0 unspecified atom stereocenters. The highest BCUT2D eigenvalue weighted by molar-refractivity contribution is 5.85. The van der Waals surface area contributed by atoms with Crippen LogP contribution in [0.15, 0.2) is 55.1 Å². The van der Waals surface area contributed by atoms with Crippen molar-refractivity contribution in [3.8, 4) is 6.07 Å². The van der Waals surface area contributed by atoms with Crippen LogP contribution in [0.25, 0.3) is 21.8 Å². The van der Waals surface area contributed by atoms with Crippen molar-refractivity contribution in [1.29, 1.82) is 5.26 Å². The van der Waals surface area contributed by atoms with E-state index in [-0.39, 0.29) is 0 Å². The van der Waals surface area contributed by atoms with E-state index >= 15 is 0 Å². The van der Waals surface area contributed by atoms with Crippen LogP contribution in [0, 0.1) is 18.3 Å². The van der Waals surface area contributed by atoms with Gasteiger partial charge in [-0.3, -0.25) is 9.97 Å². The molecule has 3 heterocycles. The minimum Gasteiger partial charge on any atom is -0.340 e. The summed E-state index contributed by atoms with van der Waals surface area (Å²) in [5.41, 5.74) is 4.98. The van der Waals surface area contributed by atoms with E-state index in [2.05, 4.69) is 38.8 Å². The highest BCUT2D eigenvalue weighted by Gasteiger charge is 2.08. The summed E-state index contributed by atoms with van der Waals surface area (Å²) >= 11 is 0. The molecule has 0 aliphatic heterocycles. The number of aromatic nitrogens is 3. The van der Waals surface area contributed by atoms with Crippen molar-refractivity contribution in [2.75, 3.05) is 0 Å². The molecular weight excluding hydrogens is 284 g/mol. The number of rotatable bonds is 2. The first-order valence-corrected chi connectivity index (χ1v) is 7.43. The first kappa shape index (κ1) is 13.5. The zero-order valence-electron chi connectivity index (χ0n) is 12.7. The fraction of sp³-hybridized carbons (Fsp3) is 0.105. The molecule has 0 amide bonds. The Kier molecular flexibility index (Phi) is 3.06. The minimum absolute atomic E-state index is 0.681. The molecule has 3 aromatic heterocycles. The van der Waals surface area contributed by atoms with Crippen molar-refractivity contribution in [3.05, 3.63) is 71.8 Å². The molecule has 0 fully saturated rings. The van der Waals surface area contributed by atoms with Gasteiger partial charge in [0.25, 0.3) is 0 Å². The minimum atomic E-state index is 0.681. The van der Waals surface area contributed by atoms with Crippen LogP contribution in [0.5, 0.6) is 0 Å². The smallest absolute Gasteiger partial charge is 0.101 e. The highest BCUT2D eigenvalue weighted by Crippen LogP contribution is 2.22. The van der Waals surface area contributed by atoms with Crippen molar-refractivity contribution in [2.45, 2.75) is 13.5 Å². The van der Waals surface area contributed by atoms with Gasteiger partial charge in [0.2, 0.25) is 0 Å². The molecule has 0 bridgehead atoms. The summed E-state index contributed by atoms with van der Waals surface area (Å²) in [5.74, 6) is 0. The maximum atomic E-state index is 9.29. The van der Waals surface area contributed by atoms with E-state index < -0.39 is 0 Å². The summed E-state index contributed by atoms with van der Waals surface area (Å²) in [6, 6.07) is 12.6. The van der Waals surface area contributed by atoms with E-state index in [4.69, 9.17) is 0 Å². The first-order chi connectivity index (χ1) is 11.2. The summed E-state index contributed by atoms with van der Waals surface area (Å²) in [5, 5.41) is 11.4. The van der Waals surface area contributed by atoms with Crippen LogP contribution in [-0.4, -0.2) is 14.5 Å². The van der Waals surface area contributed by atoms with E-state index in [1.165, 1.54) is 5.56 Å². The number of nitrogens with zero attached hydrogens (tertiary/aromatic N) is 4. The van der Waals surface area contributed by atoms with E-state index in [0.29, 0.717) is 12.1 Å². The van der Waals surface area contributed by atoms with Crippen molar-refractivity contribution >= 4 is 21.8 Å². The Balaban J connectivity index is 1.80. The Morgan fingerprint density at radius 3 is 2.96 bits per heavy atom. The third kappa shape index (κ3) is 2.33. The fourth-order valence-electron chi connectivity index (χ4n) is 2.94. The number of hydrogen-bond donors (Lipinski definition) is 0. The van der Waals surface area contributed by atoms with Crippen LogP contribution < -0.4 is 0 Å². The second-order valence-electron chi connectivity index (χ2n) is 5.72. The SMILES string of the molecule is Cc1cnc2ccc(Cn3cc(C#N)c4ccncc43)cc2c1. The number of hydrogen-bond acceptors (Lipinski definition) is 3. The summed E-state index contributed by atoms with van der Waals surface area (Å²) in [6.07, 6.45) is 7.30. The third-order valence-electron chi connectivity index (χ3n) is 4.04. The monoisotopic (exact) mass is 298 g/mol. The topological polar surface area (TPSA) is 54.5 Å². The molecule has 0 spiro atoms. The molecule has 0 saturated carbocycles. The third-order valence-corrected chi connectivity index (χ3v) is 4.04. The number of aryl methyl sites for hydroxylation is 1. The lowest BCUT2D eigenvalue weighted by atomic mass is 10.1.